The molecule has 5 nitrogen and oxygen atoms in total. The molecular formula is C20H25FN4O. The van der Waals surface area contributed by atoms with E-state index >= 15 is 0 Å². The molecule has 1 amide bonds. The first kappa shape index (κ1) is 17.2. The number of amides is 1. The average Bonchev–Trinajstić information content (AvgIpc) is 3.20. The zero-order valence-corrected chi connectivity index (χ0v) is 15.3. The van der Waals surface area contributed by atoms with E-state index in [4.69, 9.17) is 5.73 Å². The molecule has 1 atom stereocenters. The number of carbonyl (C=O) groups is 1. The van der Waals surface area contributed by atoms with Crippen molar-refractivity contribution in [2.75, 3.05) is 13.1 Å². The maximum absolute atomic E-state index is 13.7. The summed E-state index contributed by atoms with van der Waals surface area (Å²) < 4.78 is 15.5. The zero-order chi connectivity index (χ0) is 18.5. The number of aromatic nitrogens is 2. The predicted octanol–water partition coefficient (Wildman–Crippen LogP) is 3.05. The Kier molecular flexibility index (Phi) is 3.91. The number of imidazole rings is 1. The fraction of sp³-hybridized carbons (Fsp3) is 0.500. The van der Waals surface area contributed by atoms with E-state index in [0.29, 0.717) is 25.2 Å². The third-order valence-corrected chi connectivity index (χ3v) is 5.87. The molecule has 26 heavy (non-hydrogen) atoms. The molecule has 2 fully saturated rings. The maximum atomic E-state index is 13.7. The number of carbonyl (C=O) groups excluding carboxylic acids is 1. The third kappa shape index (κ3) is 2.82. The Bertz CT molecular complexity index is 840. The van der Waals surface area contributed by atoms with Gasteiger partial charge < -0.3 is 15.2 Å². The second kappa shape index (κ2) is 5.91. The number of halogens is 1. The van der Waals surface area contributed by atoms with Gasteiger partial charge in [0.05, 0.1) is 6.04 Å². The van der Waals surface area contributed by atoms with E-state index in [9.17, 15) is 9.18 Å². The van der Waals surface area contributed by atoms with Crippen LogP contribution in [-0.4, -0.2) is 33.4 Å². The Balaban J connectivity index is 1.63. The summed E-state index contributed by atoms with van der Waals surface area (Å²) in [7, 11) is 0. The van der Waals surface area contributed by atoms with Crippen molar-refractivity contribution >= 4 is 5.91 Å². The predicted molar refractivity (Wildman–Crippen MR) is 97.1 cm³/mol. The normalized spacial score (nSPS) is 22.8. The Morgan fingerprint density at radius 3 is 2.77 bits per heavy atom. The lowest BCUT2D eigenvalue weighted by Gasteiger charge is -2.54. The van der Waals surface area contributed by atoms with Gasteiger partial charge in [-0.25, -0.2) is 9.37 Å². The molecule has 1 aromatic heterocycles. The molecule has 0 radical (unpaired) electrons. The average molecular weight is 356 g/mol. The van der Waals surface area contributed by atoms with Crippen molar-refractivity contribution in [1.82, 2.24) is 14.5 Å². The molecule has 138 valence electrons. The summed E-state index contributed by atoms with van der Waals surface area (Å²) >= 11 is 0. The Labute approximate surface area is 153 Å². The van der Waals surface area contributed by atoms with Gasteiger partial charge >= 0.3 is 0 Å². The topological polar surface area (TPSA) is 64.2 Å². The van der Waals surface area contributed by atoms with Gasteiger partial charge in [-0.3, -0.25) is 4.79 Å². The van der Waals surface area contributed by atoms with Crippen molar-refractivity contribution < 1.29 is 9.18 Å². The number of nitrogens with zero attached hydrogens (tertiary/aromatic N) is 3. The molecule has 1 saturated heterocycles. The molecule has 2 N–H and O–H groups in total. The standard InChI is InChI=1S/C20H25FN4O/c1-19(2)13-25(16(26)11-20(12-22)6-7-20)17(19)18-23-8-9-24(18)15-5-3-4-14(21)10-15/h3-5,8-10,17H,6-7,11-13,22H2,1-2H3. The summed E-state index contributed by atoms with van der Waals surface area (Å²) in [5.41, 5.74) is 6.50. The molecule has 0 bridgehead atoms. The van der Waals surface area contributed by atoms with Crippen molar-refractivity contribution in [3.05, 3.63) is 48.3 Å². The second-order valence-electron chi connectivity index (χ2n) is 8.43. The number of benzene rings is 1. The van der Waals surface area contributed by atoms with Crippen LogP contribution >= 0.6 is 0 Å². The Morgan fingerprint density at radius 1 is 1.38 bits per heavy atom. The molecule has 0 spiro atoms. The van der Waals surface area contributed by atoms with Gasteiger partial charge in [-0.2, -0.15) is 0 Å². The van der Waals surface area contributed by atoms with Gasteiger partial charge in [0.25, 0.3) is 0 Å². The molecule has 1 aliphatic carbocycles. The van der Waals surface area contributed by atoms with Gasteiger partial charge in [0, 0.05) is 36.5 Å². The highest BCUT2D eigenvalue weighted by Crippen LogP contribution is 2.52. The van der Waals surface area contributed by atoms with E-state index in [1.165, 1.54) is 12.1 Å². The number of rotatable bonds is 5. The maximum Gasteiger partial charge on any atom is 0.223 e. The molecule has 2 heterocycles. The minimum Gasteiger partial charge on any atom is -0.331 e. The van der Waals surface area contributed by atoms with Crippen LogP contribution in [0.1, 0.15) is 45.0 Å². The number of likely N-dealkylation sites (tertiary alicyclic amines) is 1. The number of nitrogens with two attached hydrogens (primary N) is 1. The van der Waals surface area contributed by atoms with Crippen molar-refractivity contribution in [2.24, 2.45) is 16.6 Å². The zero-order valence-electron chi connectivity index (χ0n) is 15.3. The quantitative estimate of drug-likeness (QED) is 0.895. The first-order valence-electron chi connectivity index (χ1n) is 9.14. The highest BCUT2D eigenvalue weighted by molar-refractivity contribution is 5.79. The Hall–Kier alpha value is -2.21. The fourth-order valence-electron chi connectivity index (χ4n) is 4.06. The molecule has 4 rings (SSSR count). The minimum absolute atomic E-state index is 0.0132. The first-order valence-corrected chi connectivity index (χ1v) is 9.14. The van der Waals surface area contributed by atoms with E-state index in [1.807, 2.05) is 21.7 Å². The molecular weight excluding hydrogens is 331 g/mol. The van der Waals surface area contributed by atoms with E-state index in [2.05, 4.69) is 18.8 Å². The lowest BCUT2D eigenvalue weighted by molar-refractivity contribution is -0.154. The monoisotopic (exact) mass is 356 g/mol. The van der Waals surface area contributed by atoms with Crippen molar-refractivity contribution in [2.45, 2.75) is 39.2 Å². The smallest absolute Gasteiger partial charge is 0.223 e. The summed E-state index contributed by atoms with van der Waals surface area (Å²) in [6.07, 6.45) is 6.11. The van der Waals surface area contributed by atoms with Gasteiger partial charge in [-0.05, 0) is 43.0 Å². The number of hydrogen-bond acceptors (Lipinski definition) is 3. The van der Waals surface area contributed by atoms with Crippen LogP contribution in [0, 0.1) is 16.6 Å². The summed E-state index contributed by atoms with van der Waals surface area (Å²) in [6.45, 7) is 5.55. The lowest BCUT2D eigenvalue weighted by atomic mass is 9.73. The summed E-state index contributed by atoms with van der Waals surface area (Å²) in [5.74, 6) is 0.630. The molecule has 1 aromatic carbocycles. The molecule has 6 heteroatoms. The van der Waals surface area contributed by atoms with Gasteiger partial charge in [0.1, 0.15) is 11.6 Å². The van der Waals surface area contributed by atoms with Crippen LogP contribution in [0.15, 0.2) is 36.7 Å². The third-order valence-electron chi connectivity index (χ3n) is 5.87. The van der Waals surface area contributed by atoms with E-state index in [1.54, 1.807) is 12.3 Å². The van der Waals surface area contributed by atoms with Crippen molar-refractivity contribution in [1.29, 1.82) is 0 Å². The van der Waals surface area contributed by atoms with E-state index in [-0.39, 0.29) is 28.6 Å². The summed E-state index contributed by atoms with van der Waals surface area (Å²) in [6, 6.07) is 6.31. The lowest BCUT2D eigenvalue weighted by Crippen LogP contribution is -2.59. The van der Waals surface area contributed by atoms with Crippen LogP contribution in [0.4, 0.5) is 4.39 Å². The van der Waals surface area contributed by atoms with Crippen LogP contribution < -0.4 is 5.73 Å². The van der Waals surface area contributed by atoms with Gasteiger partial charge in [0.15, 0.2) is 0 Å². The van der Waals surface area contributed by atoms with Crippen LogP contribution in [-0.2, 0) is 4.79 Å². The molecule has 1 saturated carbocycles. The summed E-state index contributed by atoms with van der Waals surface area (Å²) in [4.78, 5) is 19.3. The van der Waals surface area contributed by atoms with Crippen molar-refractivity contribution in [3.8, 4) is 5.69 Å². The highest BCUT2D eigenvalue weighted by atomic mass is 19.1. The largest absolute Gasteiger partial charge is 0.331 e. The molecule has 2 aromatic rings. The van der Waals surface area contributed by atoms with Crippen LogP contribution in [0.3, 0.4) is 0 Å². The first-order chi connectivity index (χ1) is 12.4. The highest BCUT2D eigenvalue weighted by Gasteiger charge is 2.53. The van der Waals surface area contributed by atoms with Crippen molar-refractivity contribution in [3.63, 3.8) is 0 Å². The molecule has 2 aliphatic rings. The van der Waals surface area contributed by atoms with Crippen LogP contribution in [0.25, 0.3) is 5.69 Å². The van der Waals surface area contributed by atoms with Gasteiger partial charge in [-0.1, -0.05) is 19.9 Å². The van der Waals surface area contributed by atoms with Crippen LogP contribution in [0.2, 0.25) is 0 Å². The molecule has 1 unspecified atom stereocenters. The Morgan fingerprint density at radius 2 is 2.15 bits per heavy atom. The SMILES string of the molecule is CC1(C)CN(C(=O)CC2(CN)CC2)C1c1nccn1-c1cccc(F)c1. The van der Waals surface area contributed by atoms with Crippen LogP contribution in [0.5, 0.6) is 0 Å². The molecule has 1 aliphatic heterocycles. The summed E-state index contributed by atoms with van der Waals surface area (Å²) in [5, 5.41) is 0. The second-order valence-corrected chi connectivity index (χ2v) is 8.43. The van der Waals surface area contributed by atoms with E-state index in [0.717, 1.165) is 18.7 Å². The van der Waals surface area contributed by atoms with Gasteiger partial charge in [0.2, 0.25) is 5.91 Å². The number of hydrogen-bond donors (Lipinski definition) is 1. The minimum atomic E-state index is -0.290. The van der Waals surface area contributed by atoms with Gasteiger partial charge in [-0.15, -0.1) is 0 Å². The fourth-order valence-corrected chi connectivity index (χ4v) is 4.06. The van der Waals surface area contributed by atoms with E-state index < -0.39 is 0 Å².